The second kappa shape index (κ2) is 6.50. The molecule has 84 valence electrons. The maximum Gasteiger partial charge on any atom is 0.0622 e. The minimum Gasteiger partial charge on any atom is -0.383 e. The molecule has 0 spiro atoms. The Balaban J connectivity index is 2.25. The SMILES string of the molecule is COCC(N)CS(=O)C1CCOCC1. The van der Waals surface area contributed by atoms with E-state index in [1.165, 1.54) is 0 Å². The highest BCUT2D eigenvalue weighted by Crippen LogP contribution is 2.13. The van der Waals surface area contributed by atoms with Crippen molar-refractivity contribution >= 4 is 10.8 Å². The maximum absolute atomic E-state index is 11.8. The molecule has 2 unspecified atom stereocenters. The van der Waals surface area contributed by atoms with E-state index in [-0.39, 0.29) is 11.3 Å². The molecule has 2 N–H and O–H groups in total. The van der Waals surface area contributed by atoms with Crippen LogP contribution in [0, 0.1) is 0 Å². The Hall–Kier alpha value is 0.0300. The summed E-state index contributed by atoms with van der Waals surface area (Å²) in [6.07, 6.45) is 1.79. The van der Waals surface area contributed by atoms with E-state index in [4.69, 9.17) is 15.2 Å². The van der Waals surface area contributed by atoms with Crippen molar-refractivity contribution in [1.29, 1.82) is 0 Å². The highest BCUT2D eigenvalue weighted by Gasteiger charge is 2.21. The Morgan fingerprint density at radius 1 is 1.57 bits per heavy atom. The molecule has 0 aromatic heterocycles. The largest absolute Gasteiger partial charge is 0.383 e. The molecule has 14 heavy (non-hydrogen) atoms. The zero-order valence-corrected chi connectivity index (χ0v) is 9.42. The van der Waals surface area contributed by atoms with E-state index in [0.29, 0.717) is 12.4 Å². The first-order valence-electron chi connectivity index (χ1n) is 4.93. The molecule has 0 bridgehead atoms. The van der Waals surface area contributed by atoms with E-state index in [1.54, 1.807) is 7.11 Å². The zero-order chi connectivity index (χ0) is 10.4. The average Bonchev–Trinajstić information content (AvgIpc) is 2.19. The standard InChI is InChI=1S/C9H19NO3S/c1-12-6-8(10)7-14(11)9-2-4-13-5-3-9/h8-9H,2-7,10H2,1H3. The molecular weight excluding hydrogens is 202 g/mol. The number of ether oxygens (including phenoxy) is 2. The van der Waals surface area contributed by atoms with Gasteiger partial charge in [0.15, 0.2) is 0 Å². The van der Waals surface area contributed by atoms with Crippen LogP contribution in [0.4, 0.5) is 0 Å². The van der Waals surface area contributed by atoms with Crippen molar-refractivity contribution < 1.29 is 13.7 Å². The van der Waals surface area contributed by atoms with E-state index in [9.17, 15) is 4.21 Å². The summed E-state index contributed by atoms with van der Waals surface area (Å²) in [6.45, 7) is 1.95. The Kier molecular flexibility index (Phi) is 5.62. The molecule has 0 saturated carbocycles. The van der Waals surface area contributed by atoms with Crippen molar-refractivity contribution in [3.8, 4) is 0 Å². The molecule has 0 radical (unpaired) electrons. The van der Waals surface area contributed by atoms with Crippen LogP contribution in [0.2, 0.25) is 0 Å². The second-order valence-electron chi connectivity index (χ2n) is 3.57. The van der Waals surface area contributed by atoms with Crippen LogP contribution in [0.3, 0.4) is 0 Å². The quantitative estimate of drug-likeness (QED) is 0.703. The van der Waals surface area contributed by atoms with Crippen LogP contribution in [0.5, 0.6) is 0 Å². The van der Waals surface area contributed by atoms with E-state index >= 15 is 0 Å². The molecule has 0 amide bonds. The molecule has 1 saturated heterocycles. The summed E-state index contributed by atoms with van der Waals surface area (Å²) in [5.74, 6) is 0.540. The summed E-state index contributed by atoms with van der Waals surface area (Å²) >= 11 is 0. The van der Waals surface area contributed by atoms with E-state index < -0.39 is 10.8 Å². The van der Waals surface area contributed by atoms with Crippen molar-refractivity contribution in [3.63, 3.8) is 0 Å². The van der Waals surface area contributed by atoms with Gasteiger partial charge in [0.05, 0.1) is 6.61 Å². The van der Waals surface area contributed by atoms with Gasteiger partial charge in [-0.15, -0.1) is 0 Å². The van der Waals surface area contributed by atoms with Gasteiger partial charge in [-0.1, -0.05) is 0 Å². The molecule has 4 nitrogen and oxygen atoms in total. The summed E-state index contributed by atoms with van der Waals surface area (Å²) in [7, 11) is 0.785. The second-order valence-corrected chi connectivity index (χ2v) is 5.34. The molecule has 2 atom stereocenters. The van der Waals surface area contributed by atoms with Gasteiger partial charge in [-0.2, -0.15) is 0 Å². The number of hydrogen-bond donors (Lipinski definition) is 1. The van der Waals surface area contributed by atoms with Crippen molar-refractivity contribution in [2.75, 3.05) is 32.7 Å². The summed E-state index contributed by atoms with van der Waals surface area (Å²) in [5, 5.41) is 0.270. The third-order valence-corrected chi connectivity index (χ3v) is 4.27. The van der Waals surface area contributed by atoms with Crippen LogP contribution in [-0.4, -0.2) is 48.2 Å². The molecule has 1 fully saturated rings. The molecular formula is C9H19NO3S. The van der Waals surface area contributed by atoms with Crippen LogP contribution in [-0.2, 0) is 20.3 Å². The summed E-state index contributed by atoms with van der Waals surface area (Å²) in [5.41, 5.74) is 5.74. The van der Waals surface area contributed by atoms with Gasteiger partial charge in [-0.25, -0.2) is 0 Å². The third kappa shape index (κ3) is 4.04. The maximum atomic E-state index is 11.8. The molecule has 0 aromatic carbocycles. The lowest BCUT2D eigenvalue weighted by Gasteiger charge is -2.22. The van der Waals surface area contributed by atoms with Gasteiger partial charge < -0.3 is 15.2 Å². The van der Waals surface area contributed by atoms with Crippen LogP contribution in [0.15, 0.2) is 0 Å². The molecule has 1 aliphatic rings. The first kappa shape index (κ1) is 12.1. The predicted octanol–water partition coefficient (Wildman–Crippen LogP) is -0.112. The fourth-order valence-corrected chi connectivity index (χ4v) is 3.06. The van der Waals surface area contributed by atoms with Gasteiger partial charge >= 0.3 is 0 Å². The van der Waals surface area contributed by atoms with E-state index in [1.807, 2.05) is 0 Å². The Labute approximate surface area is 87.6 Å². The lowest BCUT2D eigenvalue weighted by molar-refractivity contribution is 0.0991. The molecule has 1 heterocycles. The van der Waals surface area contributed by atoms with Gasteiger partial charge in [0.25, 0.3) is 0 Å². The van der Waals surface area contributed by atoms with E-state index in [2.05, 4.69) is 0 Å². The predicted molar refractivity (Wildman–Crippen MR) is 56.7 cm³/mol. The van der Waals surface area contributed by atoms with Crippen molar-refractivity contribution in [2.45, 2.75) is 24.1 Å². The van der Waals surface area contributed by atoms with Gasteiger partial charge in [0.1, 0.15) is 0 Å². The molecule has 0 aromatic rings. The van der Waals surface area contributed by atoms with E-state index in [0.717, 1.165) is 26.1 Å². The molecule has 1 aliphatic heterocycles. The Morgan fingerprint density at radius 3 is 2.79 bits per heavy atom. The topological polar surface area (TPSA) is 61.5 Å². The Bertz CT molecular complexity index is 183. The smallest absolute Gasteiger partial charge is 0.0622 e. The summed E-state index contributed by atoms with van der Waals surface area (Å²) in [6, 6.07) is -0.108. The fraction of sp³-hybridized carbons (Fsp3) is 1.00. The molecule has 5 heteroatoms. The highest BCUT2D eigenvalue weighted by atomic mass is 32.2. The third-order valence-electron chi connectivity index (χ3n) is 2.30. The van der Waals surface area contributed by atoms with Crippen LogP contribution in [0.25, 0.3) is 0 Å². The lowest BCUT2D eigenvalue weighted by Crippen LogP contribution is -2.36. The van der Waals surface area contributed by atoms with Crippen molar-refractivity contribution in [3.05, 3.63) is 0 Å². The van der Waals surface area contributed by atoms with Crippen molar-refractivity contribution in [2.24, 2.45) is 5.73 Å². The van der Waals surface area contributed by atoms with Crippen molar-refractivity contribution in [1.82, 2.24) is 0 Å². The lowest BCUT2D eigenvalue weighted by atomic mass is 10.2. The number of nitrogens with two attached hydrogens (primary N) is 1. The number of hydrogen-bond acceptors (Lipinski definition) is 4. The minimum atomic E-state index is -0.823. The first-order chi connectivity index (χ1) is 6.74. The van der Waals surface area contributed by atoms with Gasteiger partial charge in [-0.05, 0) is 12.8 Å². The Morgan fingerprint density at radius 2 is 2.21 bits per heavy atom. The summed E-state index contributed by atoms with van der Waals surface area (Å²) in [4.78, 5) is 0. The average molecular weight is 221 g/mol. The molecule has 0 aliphatic carbocycles. The number of rotatable bonds is 5. The monoisotopic (exact) mass is 221 g/mol. The zero-order valence-electron chi connectivity index (χ0n) is 8.61. The fourth-order valence-electron chi connectivity index (χ4n) is 1.55. The minimum absolute atomic E-state index is 0.108. The summed E-state index contributed by atoms with van der Waals surface area (Å²) < 4.78 is 21.9. The normalized spacial score (nSPS) is 23.3. The van der Waals surface area contributed by atoms with Gasteiger partial charge in [0, 0.05) is 48.2 Å². The van der Waals surface area contributed by atoms with Gasteiger partial charge in [0.2, 0.25) is 0 Å². The van der Waals surface area contributed by atoms with Crippen LogP contribution >= 0.6 is 0 Å². The molecule has 1 rings (SSSR count). The first-order valence-corrected chi connectivity index (χ1v) is 6.31. The van der Waals surface area contributed by atoms with Crippen LogP contribution < -0.4 is 5.73 Å². The number of methoxy groups -OCH3 is 1. The van der Waals surface area contributed by atoms with Gasteiger partial charge in [-0.3, -0.25) is 4.21 Å². The van der Waals surface area contributed by atoms with Crippen LogP contribution in [0.1, 0.15) is 12.8 Å². The highest BCUT2D eigenvalue weighted by molar-refractivity contribution is 7.85.